The van der Waals surface area contributed by atoms with E-state index in [1.54, 1.807) is 0 Å². The van der Waals surface area contributed by atoms with E-state index >= 15 is 0 Å². The zero-order valence-corrected chi connectivity index (χ0v) is 5.89. The molecule has 6 N–H and O–H groups in total. The van der Waals surface area contributed by atoms with Crippen LogP contribution in [0.15, 0.2) is 6.20 Å². The topological polar surface area (TPSA) is 90.9 Å². The monoisotopic (exact) mass is 158 g/mol. The van der Waals surface area contributed by atoms with Crippen molar-refractivity contribution in [1.29, 1.82) is 0 Å². The van der Waals surface area contributed by atoms with Crippen LogP contribution in [-0.4, -0.2) is 4.98 Å². The second kappa shape index (κ2) is 2.22. The molecule has 0 fully saturated rings. The Bertz CT molecular complexity index is 233. The number of rotatable bonds is 0. The highest BCUT2D eigenvalue weighted by Crippen LogP contribution is 2.26. The van der Waals surface area contributed by atoms with E-state index in [2.05, 4.69) is 4.98 Å². The molecule has 4 nitrogen and oxygen atoms in total. The van der Waals surface area contributed by atoms with Gasteiger partial charge in [0, 0.05) is 0 Å². The van der Waals surface area contributed by atoms with Gasteiger partial charge in [0.1, 0.15) is 0 Å². The Morgan fingerprint density at radius 2 is 1.80 bits per heavy atom. The highest BCUT2D eigenvalue weighted by molar-refractivity contribution is 6.32. The third kappa shape index (κ3) is 0.930. The van der Waals surface area contributed by atoms with Gasteiger partial charge < -0.3 is 17.2 Å². The quantitative estimate of drug-likeness (QED) is 0.479. The van der Waals surface area contributed by atoms with E-state index in [1.165, 1.54) is 6.20 Å². The normalized spacial score (nSPS) is 9.70. The van der Waals surface area contributed by atoms with Crippen molar-refractivity contribution < 1.29 is 0 Å². The number of hydrogen-bond acceptors (Lipinski definition) is 4. The molecule has 0 aliphatic heterocycles. The van der Waals surface area contributed by atoms with Crippen LogP contribution >= 0.6 is 11.6 Å². The van der Waals surface area contributed by atoms with Gasteiger partial charge in [-0.05, 0) is 0 Å². The Morgan fingerprint density at radius 3 is 2.30 bits per heavy atom. The van der Waals surface area contributed by atoms with Gasteiger partial charge in [-0.25, -0.2) is 4.98 Å². The summed E-state index contributed by atoms with van der Waals surface area (Å²) in [6, 6.07) is 0. The third-order valence-corrected chi connectivity index (χ3v) is 1.44. The fourth-order valence-electron chi connectivity index (χ4n) is 0.532. The smallest absolute Gasteiger partial charge is 0.154 e. The van der Waals surface area contributed by atoms with Crippen LogP contribution in [0.1, 0.15) is 0 Å². The molecule has 54 valence electrons. The zero-order valence-electron chi connectivity index (χ0n) is 5.13. The summed E-state index contributed by atoms with van der Waals surface area (Å²) in [5.74, 6) is 0. The molecule has 1 aromatic heterocycles. The number of aromatic nitrogens is 1. The summed E-state index contributed by atoms with van der Waals surface area (Å²) in [5, 5.41) is 0.187. The van der Waals surface area contributed by atoms with Crippen molar-refractivity contribution in [3.63, 3.8) is 0 Å². The number of anilines is 3. The summed E-state index contributed by atoms with van der Waals surface area (Å²) in [6.07, 6.45) is 1.37. The molecule has 1 aromatic rings. The number of pyridine rings is 1. The first-order valence-corrected chi connectivity index (χ1v) is 2.95. The first kappa shape index (κ1) is 6.95. The minimum absolute atomic E-state index is 0.187. The van der Waals surface area contributed by atoms with Crippen molar-refractivity contribution in [1.82, 2.24) is 4.98 Å². The first-order valence-electron chi connectivity index (χ1n) is 2.58. The predicted molar refractivity (Wildman–Crippen MR) is 42.5 cm³/mol. The Hall–Kier alpha value is -1.16. The van der Waals surface area contributed by atoms with Crippen molar-refractivity contribution in [3.05, 3.63) is 11.3 Å². The molecule has 0 saturated carbocycles. The predicted octanol–water partition coefficient (Wildman–Crippen LogP) is 0.482. The van der Waals surface area contributed by atoms with E-state index in [-0.39, 0.29) is 10.8 Å². The van der Waals surface area contributed by atoms with Gasteiger partial charge in [0.25, 0.3) is 0 Å². The molecule has 0 aromatic carbocycles. The zero-order chi connectivity index (χ0) is 7.72. The Kier molecular flexibility index (Phi) is 1.55. The van der Waals surface area contributed by atoms with E-state index in [0.29, 0.717) is 11.4 Å². The van der Waals surface area contributed by atoms with Crippen LogP contribution in [0.4, 0.5) is 17.1 Å². The third-order valence-electron chi connectivity index (χ3n) is 1.14. The van der Waals surface area contributed by atoms with Crippen LogP contribution in [-0.2, 0) is 0 Å². The lowest BCUT2D eigenvalue weighted by atomic mass is 10.3. The lowest BCUT2D eigenvalue weighted by Gasteiger charge is -2.02. The number of halogens is 1. The van der Waals surface area contributed by atoms with Crippen molar-refractivity contribution >= 4 is 28.7 Å². The number of nitrogen functional groups attached to an aromatic ring is 3. The van der Waals surface area contributed by atoms with Crippen molar-refractivity contribution in [2.24, 2.45) is 0 Å². The standard InChI is InChI=1S/C5H7ClN4/c6-5-4(9)3(8)2(7)1-10-5/h1H,7,9H2,(H2,8,10). The van der Waals surface area contributed by atoms with Crippen molar-refractivity contribution in [2.75, 3.05) is 17.2 Å². The maximum atomic E-state index is 5.51. The van der Waals surface area contributed by atoms with Gasteiger partial charge in [-0.2, -0.15) is 0 Å². The molecular formula is C5H7ClN4. The maximum absolute atomic E-state index is 5.51. The lowest BCUT2D eigenvalue weighted by Crippen LogP contribution is -2.01. The van der Waals surface area contributed by atoms with Crippen LogP contribution in [0, 0.1) is 0 Å². The molecular weight excluding hydrogens is 152 g/mol. The molecule has 0 bridgehead atoms. The fraction of sp³-hybridized carbons (Fsp3) is 0. The number of hydrogen-bond donors (Lipinski definition) is 3. The van der Waals surface area contributed by atoms with E-state index < -0.39 is 0 Å². The number of nitrogens with zero attached hydrogens (tertiary/aromatic N) is 1. The molecule has 1 heterocycles. The Morgan fingerprint density at radius 1 is 1.20 bits per heavy atom. The average Bonchev–Trinajstić information content (AvgIpc) is 1.93. The van der Waals surface area contributed by atoms with Gasteiger partial charge in [-0.1, -0.05) is 11.6 Å². The van der Waals surface area contributed by atoms with Gasteiger partial charge in [0.15, 0.2) is 5.15 Å². The van der Waals surface area contributed by atoms with Gasteiger partial charge in [-0.3, -0.25) is 0 Å². The molecule has 5 heteroatoms. The van der Waals surface area contributed by atoms with Gasteiger partial charge in [-0.15, -0.1) is 0 Å². The summed E-state index contributed by atoms with van der Waals surface area (Å²) in [5.41, 5.74) is 17.0. The van der Waals surface area contributed by atoms with Gasteiger partial charge in [0.2, 0.25) is 0 Å². The number of nitrogens with two attached hydrogens (primary N) is 3. The van der Waals surface area contributed by atoms with E-state index in [4.69, 9.17) is 28.8 Å². The fourth-order valence-corrected chi connectivity index (χ4v) is 0.683. The van der Waals surface area contributed by atoms with Crippen LogP contribution < -0.4 is 17.2 Å². The lowest BCUT2D eigenvalue weighted by molar-refractivity contribution is 1.34. The van der Waals surface area contributed by atoms with Crippen LogP contribution in [0.5, 0.6) is 0 Å². The minimum atomic E-state index is 0.187. The molecule has 0 spiro atoms. The maximum Gasteiger partial charge on any atom is 0.154 e. The van der Waals surface area contributed by atoms with Crippen molar-refractivity contribution in [2.45, 2.75) is 0 Å². The van der Waals surface area contributed by atoms with Crippen LogP contribution in [0.25, 0.3) is 0 Å². The highest BCUT2D eigenvalue weighted by atomic mass is 35.5. The summed E-state index contributed by atoms with van der Waals surface area (Å²) in [7, 11) is 0. The molecule has 0 atom stereocenters. The molecule has 0 unspecified atom stereocenters. The largest absolute Gasteiger partial charge is 0.396 e. The van der Waals surface area contributed by atoms with Gasteiger partial charge in [0.05, 0.1) is 23.3 Å². The summed E-state index contributed by atoms with van der Waals surface area (Å²) in [4.78, 5) is 3.67. The summed E-state index contributed by atoms with van der Waals surface area (Å²) >= 11 is 5.51. The van der Waals surface area contributed by atoms with E-state index in [1.807, 2.05) is 0 Å². The Labute approximate surface area is 63.0 Å². The average molecular weight is 159 g/mol. The molecule has 0 aliphatic rings. The van der Waals surface area contributed by atoms with E-state index in [0.717, 1.165) is 0 Å². The molecule has 0 aliphatic carbocycles. The molecule has 10 heavy (non-hydrogen) atoms. The summed E-state index contributed by atoms with van der Waals surface area (Å²) < 4.78 is 0. The van der Waals surface area contributed by atoms with Crippen LogP contribution in [0.2, 0.25) is 5.15 Å². The molecule has 1 rings (SSSR count). The SMILES string of the molecule is Nc1cnc(Cl)c(N)c1N. The van der Waals surface area contributed by atoms with E-state index in [9.17, 15) is 0 Å². The minimum Gasteiger partial charge on any atom is -0.396 e. The Balaban J connectivity index is 3.34. The molecule has 0 amide bonds. The molecule has 0 radical (unpaired) electrons. The highest BCUT2D eigenvalue weighted by Gasteiger charge is 2.03. The van der Waals surface area contributed by atoms with Crippen LogP contribution in [0.3, 0.4) is 0 Å². The second-order valence-electron chi connectivity index (χ2n) is 1.83. The van der Waals surface area contributed by atoms with Gasteiger partial charge >= 0.3 is 0 Å². The van der Waals surface area contributed by atoms with Crippen molar-refractivity contribution in [3.8, 4) is 0 Å². The summed E-state index contributed by atoms with van der Waals surface area (Å²) in [6.45, 7) is 0. The molecule has 0 saturated heterocycles. The first-order chi connectivity index (χ1) is 4.63. The second-order valence-corrected chi connectivity index (χ2v) is 2.19.